The smallest absolute Gasteiger partial charge is 0.0493 e. The maximum atomic E-state index is 6.57. The molecule has 4 aromatic carbocycles. The molecule has 0 radical (unpaired) electrons. The number of halogens is 2. The van der Waals surface area contributed by atoms with Crippen LogP contribution in [0, 0.1) is 0 Å². The van der Waals surface area contributed by atoms with E-state index in [0.717, 1.165) is 5.02 Å². The van der Waals surface area contributed by atoms with E-state index in [1.165, 1.54) is 69.1 Å². The first-order valence-electron chi connectivity index (χ1n) is 10.2. The number of aryl methyl sites for hydroxylation is 2. The lowest BCUT2D eigenvalue weighted by Crippen LogP contribution is -2.03. The second-order valence-electron chi connectivity index (χ2n) is 7.64. The molecule has 0 spiro atoms. The van der Waals surface area contributed by atoms with Crippen molar-refractivity contribution >= 4 is 56.3 Å². The van der Waals surface area contributed by atoms with Gasteiger partial charge in [-0.25, -0.2) is 0 Å². The first-order valence-corrected chi connectivity index (χ1v) is 10.6. The summed E-state index contributed by atoms with van der Waals surface area (Å²) in [5.41, 5.74) is 2.98. The predicted molar refractivity (Wildman–Crippen MR) is 132 cm³/mol. The highest BCUT2D eigenvalue weighted by atomic mass is 35.5. The maximum absolute atomic E-state index is 6.57. The van der Waals surface area contributed by atoms with E-state index in [-0.39, 0.29) is 12.4 Å². The van der Waals surface area contributed by atoms with Crippen molar-refractivity contribution < 1.29 is 0 Å². The van der Waals surface area contributed by atoms with Crippen molar-refractivity contribution in [2.24, 2.45) is 0 Å². The van der Waals surface area contributed by atoms with Gasteiger partial charge >= 0.3 is 0 Å². The van der Waals surface area contributed by atoms with E-state index in [1.54, 1.807) is 0 Å². The van der Waals surface area contributed by atoms with Crippen molar-refractivity contribution in [3.63, 3.8) is 0 Å². The molecule has 1 heterocycles. The number of aromatic nitrogens is 1. The lowest BCUT2D eigenvalue weighted by atomic mass is 9.86. The van der Waals surface area contributed by atoms with Crippen LogP contribution in [0.4, 0.5) is 0 Å². The van der Waals surface area contributed by atoms with Crippen molar-refractivity contribution in [2.45, 2.75) is 25.7 Å². The minimum atomic E-state index is 0. The molecule has 6 rings (SSSR count). The number of fused-ring (bicyclic) bond motifs is 6. The molecule has 0 N–H and O–H groups in total. The fraction of sp³-hybridized carbons (Fsp3) is 0.148. The molecule has 1 aromatic heterocycles. The molecule has 0 unspecified atom stereocenters. The Bertz CT molecular complexity index is 1260. The molecule has 0 amide bonds. The summed E-state index contributed by atoms with van der Waals surface area (Å²) in [6.07, 6.45) is 8.65. The third-order valence-electron chi connectivity index (χ3n) is 5.85. The Morgan fingerprint density at radius 3 is 2.27 bits per heavy atom. The predicted octanol–water partition coefficient (Wildman–Crippen LogP) is 8.18. The van der Waals surface area contributed by atoms with Gasteiger partial charge in [-0.15, -0.1) is 12.4 Å². The van der Waals surface area contributed by atoms with Crippen LogP contribution in [0.25, 0.3) is 32.3 Å². The van der Waals surface area contributed by atoms with E-state index in [1.807, 2.05) is 30.6 Å². The number of benzene rings is 4. The van der Waals surface area contributed by atoms with Crippen LogP contribution in [-0.4, -0.2) is 4.98 Å². The quantitative estimate of drug-likeness (QED) is 0.225. The van der Waals surface area contributed by atoms with Crippen LogP contribution in [-0.2, 0) is 12.8 Å². The van der Waals surface area contributed by atoms with Gasteiger partial charge in [-0.3, -0.25) is 4.98 Å². The number of pyridine rings is 1. The summed E-state index contributed by atoms with van der Waals surface area (Å²) >= 11 is 6.57. The molecule has 0 fully saturated rings. The van der Waals surface area contributed by atoms with Crippen molar-refractivity contribution in [3.8, 4) is 0 Å². The molecule has 5 aromatic rings. The fourth-order valence-electron chi connectivity index (χ4n) is 4.43. The highest BCUT2D eigenvalue weighted by Gasteiger charge is 2.15. The van der Waals surface area contributed by atoms with Gasteiger partial charge in [0.25, 0.3) is 0 Å². The summed E-state index contributed by atoms with van der Waals surface area (Å²) in [5.74, 6) is 0. The molecule has 3 heteroatoms. The normalized spacial score (nSPS) is 12.7. The second-order valence-corrected chi connectivity index (χ2v) is 8.04. The van der Waals surface area contributed by atoms with E-state index < -0.39 is 0 Å². The molecule has 0 saturated carbocycles. The summed E-state index contributed by atoms with van der Waals surface area (Å²) in [6, 6.07) is 25.4. The van der Waals surface area contributed by atoms with Crippen molar-refractivity contribution in [3.05, 3.63) is 101 Å². The summed E-state index contributed by atoms with van der Waals surface area (Å²) in [4.78, 5) is 4.01. The number of hydrogen-bond acceptors (Lipinski definition) is 1. The molecule has 150 valence electrons. The maximum Gasteiger partial charge on any atom is 0.0493 e. The van der Waals surface area contributed by atoms with Crippen molar-refractivity contribution in [1.82, 2.24) is 4.98 Å². The monoisotopic (exact) mass is 431 g/mol. The highest BCUT2D eigenvalue weighted by Crippen LogP contribution is 2.37. The standard InChI is InChI=1S/C18H15Cl.C9H7N.ClH/c19-17-11-13-6-2-3-7-14(13)16-10-9-12-5-1-4-8-15(12)18(16)17;1-2-4-9-7-10-6-5-8(9)3-1;/h2-3,6-7,9-11H,1,4-5,8H2;1-7H;1H. The average molecular weight is 432 g/mol. The zero-order chi connectivity index (χ0) is 19.6. The minimum Gasteiger partial charge on any atom is -0.264 e. The Kier molecular flexibility index (Phi) is 6.22. The van der Waals surface area contributed by atoms with Gasteiger partial charge in [0.15, 0.2) is 0 Å². The Balaban J connectivity index is 0.000000168. The summed E-state index contributed by atoms with van der Waals surface area (Å²) in [7, 11) is 0. The molecule has 30 heavy (non-hydrogen) atoms. The number of hydrogen-bond donors (Lipinski definition) is 0. The molecule has 1 aliphatic carbocycles. The molecular formula is C27H23Cl2N. The minimum absolute atomic E-state index is 0. The molecule has 1 aliphatic rings. The second kappa shape index (κ2) is 9.04. The molecular weight excluding hydrogens is 409 g/mol. The summed E-state index contributed by atoms with van der Waals surface area (Å²) in [6.45, 7) is 0. The van der Waals surface area contributed by atoms with Gasteiger partial charge < -0.3 is 0 Å². The summed E-state index contributed by atoms with van der Waals surface area (Å²) in [5, 5.41) is 8.50. The van der Waals surface area contributed by atoms with Crippen LogP contribution in [0.1, 0.15) is 24.0 Å². The van der Waals surface area contributed by atoms with Gasteiger partial charge in [0.05, 0.1) is 0 Å². The Labute approximate surface area is 188 Å². The Morgan fingerprint density at radius 1 is 0.700 bits per heavy atom. The van der Waals surface area contributed by atoms with E-state index in [2.05, 4.69) is 59.6 Å². The first kappa shape index (κ1) is 20.7. The highest BCUT2D eigenvalue weighted by molar-refractivity contribution is 6.38. The zero-order valence-corrected chi connectivity index (χ0v) is 18.2. The van der Waals surface area contributed by atoms with E-state index in [0.29, 0.717) is 0 Å². The van der Waals surface area contributed by atoms with Gasteiger partial charge in [0, 0.05) is 22.8 Å². The van der Waals surface area contributed by atoms with Gasteiger partial charge in [-0.05, 0) is 75.9 Å². The lowest BCUT2D eigenvalue weighted by Gasteiger charge is -2.19. The van der Waals surface area contributed by atoms with E-state index in [9.17, 15) is 0 Å². The largest absolute Gasteiger partial charge is 0.264 e. The topological polar surface area (TPSA) is 12.9 Å². The Hall–Kier alpha value is -2.61. The number of rotatable bonds is 0. The van der Waals surface area contributed by atoms with Crippen LogP contribution in [0.15, 0.2) is 85.2 Å². The van der Waals surface area contributed by atoms with Gasteiger partial charge in [-0.2, -0.15) is 0 Å². The molecule has 0 atom stereocenters. The first-order chi connectivity index (χ1) is 14.3. The molecule has 0 bridgehead atoms. The van der Waals surface area contributed by atoms with Crippen LogP contribution in [0.2, 0.25) is 5.02 Å². The fourth-order valence-corrected chi connectivity index (χ4v) is 4.76. The van der Waals surface area contributed by atoms with Crippen molar-refractivity contribution in [1.29, 1.82) is 0 Å². The SMILES string of the molecule is Cl.Clc1cc2ccccc2c2ccc3c(c12)CCCC3.c1ccc2cnccc2c1. The third-order valence-corrected chi connectivity index (χ3v) is 6.15. The van der Waals surface area contributed by atoms with E-state index in [4.69, 9.17) is 11.6 Å². The van der Waals surface area contributed by atoms with Gasteiger partial charge in [0.2, 0.25) is 0 Å². The van der Waals surface area contributed by atoms with Crippen LogP contribution in [0.3, 0.4) is 0 Å². The zero-order valence-electron chi connectivity index (χ0n) is 16.6. The van der Waals surface area contributed by atoms with Crippen LogP contribution >= 0.6 is 24.0 Å². The molecule has 0 saturated heterocycles. The van der Waals surface area contributed by atoms with Crippen molar-refractivity contribution in [2.75, 3.05) is 0 Å². The van der Waals surface area contributed by atoms with Gasteiger partial charge in [0.1, 0.15) is 0 Å². The van der Waals surface area contributed by atoms with Crippen LogP contribution in [0.5, 0.6) is 0 Å². The van der Waals surface area contributed by atoms with Gasteiger partial charge in [-0.1, -0.05) is 72.3 Å². The lowest BCUT2D eigenvalue weighted by molar-refractivity contribution is 0.690. The van der Waals surface area contributed by atoms with Crippen LogP contribution < -0.4 is 0 Å². The van der Waals surface area contributed by atoms with E-state index >= 15 is 0 Å². The molecule has 1 nitrogen and oxygen atoms in total. The summed E-state index contributed by atoms with van der Waals surface area (Å²) < 4.78 is 0. The number of nitrogens with zero attached hydrogens (tertiary/aromatic N) is 1. The Morgan fingerprint density at radius 2 is 1.43 bits per heavy atom. The molecule has 0 aliphatic heterocycles. The average Bonchev–Trinajstić information content (AvgIpc) is 2.79. The third kappa shape index (κ3) is 3.88.